The summed E-state index contributed by atoms with van der Waals surface area (Å²) < 4.78 is 21.8. The molecule has 1 heterocycles. The number of esters is 2. The van der Waals surface area contributed by atoms with E-state index in [2.05, 4.69) is 5.32 Å². The Balaban J connectivity index is 2.08. The van der Waals surface area contributed by atoms with Gasteiger partial charge >= 0.3 is 11.9 Å². The number of benzene rings is 1. The Hall–Kier alpha value is -3.13. The molecule has 2 aliphatic rings. The minimum atomic E-state index is -0.944. The molecule has 0 amide bonds. The summed E-state index contributed by atoms with van der Waals surface area (Å²) in [6, 6.07) is 7.33. The summed E-state index contributed by atoms with van der Waals surface area (Å²) in [7, 11) is 1.28. The van der Waals surface area contributed by atoms with Crippen LogP contribution < -0.4 is 10.1 Å². The van der Waals surface area contributed by atoms with Crippen molar-refractivity contribution in [2.45, 2.75) is 46.5 Å². The van der Waals surface area contributed by atoms with Gasteiger partial charge in [-0.25, -0.2) is 4.79 Å². The number of allylic oxidation sites excluding steroid dienone is 3. The molecule has 8 nitrogen and oxygen atoms in total. The number of ketones is 1. The number of carbonyl (C=O) groups is 3. The Labute approximate surface area is 206 Å². The highest BCUT2D eigenvalue weighted by Crippen LogP contribution is 2.47. The number of hydrogen-bond acceptors (Lipinski definition) is 8. The Morgan fingerprint density at radius 1 is 1.11 bits per heavy atom. The molecule has 0 aromatic heterocycles. The van der Waals surface area contributed by atoms with Crippen LogP contribution >= 0.6 is 0 Å². The maximum atomic E-state index is 13.8. The lowest BCUT2D eigenvalue weighted by Crippen LogP contribution is -2.43. The fraction of sp³-hybridized carbons (Fsp3) is 0.519. The lowest BCUT2D eigenvalue weighted by molar-refractivity contribution is -0.151. The summed E-state index contributed by atoms with van der Waals surface area (Å²) in [5.74, 6) is -2.84. The van der Waals surface area contributed by atoms with Crippen molar-refractivity contribution < 1.29 is 33.3 Å². The second kappa shape index (κ2) is 12.0. The van der Waals surface area contributed by atoms with Crippen LogP contribution in [0.3, 0.4) is 0 Å². The molecule has 0 bridgehead atoms. The molecule has 0 radical (unpaired) electrons. The van der Waals surface area contributed by atoms with Gasteiger partial charge in [-0.1, -0.05) is 32.0 Å². The van der Waals surface area contributed by atoms with Crippen molar-refractivity contribution in [2.24, 2.45) is 11.8 Å². The third kappa shape index (κ3) is 5.59. The van der Waals surface area contributed by atoms with E-state index in [0.29, 0.717) is 53.5 Å². The molecule has 3 rings (SSSR count). The van der Waals surface area contributed by atoms with Gasteiger partial charge in [0.05, 0.1) is 31.8 Å². The van der Waals surface area contributed by atoms with E-state index >= 15 is 0 Å². The van der Waals surface area contributed by atoms with E-state index in [1.54, 1.807) is 6.92 Å². The molecule has 1 N–H and O–H groups in total. The largest absolute Gasteiger partial charge is 0.494 e. The molecule has 0 fully saturated rings. The average molecular weight is 486 g/mol. The summed E-state index contributed by atoms with van der Waals surface area (Å²) in [6.45, 7) is 8.91. The zero-order valence-electron chi connectivity index (χ0n) is 21.1. The van der Waals surface area contributed by atoms with Crippen LogP contribution in [-0.2, 0) is 28.6 Å². The third-order valence-electron chi connectivity index (χ3n) is 6.30. The number of para-hydroxylation sites is 1. The van der Waals surface area contributed by atoms with Crippen LogP contribution in [0.2, 0.25) is 0 Å². The third-order valence-corrected chi connectivity index (χ3v) is 6.30. The van der Waals surface area contributed by atoms with E-state index in [1.807, 2.05) is 45.0 Å². The summed E-state index contributed by atoms with van der Waals surface area (Å²) >= 11 is 0. The molecule has 1 aliphatic carbocycles. The van der Waals surface area contributed by atoms with E-state index in [-0.39, 0.29) is 24.9 Å². The molecule has 3 atom stereocenters. The molecule has 1 aliphatic heterocycles. The summed E-state index contributed by atoms with van der Waals surface area (Å²) in [4.78, 5) is 39.7. The highest BCUT2D eigenvalue weighted by atomic mass is 16.6. The van der Waals surface area contributed by atoms with Gasteiger partial charge in [-0.05, 0) is 38.7 Å². The van der Waals surface area contributed by atoms with Gasteiger partial charge in [-0.3, -0.25) is 9.59 Å². The van der Waals surface area contributed by atoms with E-state index in [1.165, 1.54) is 7.11 Å². The molecule has 1 aromatic carbocycles. The molecular formula is C27H35NO7. The quantitative estimate of drug-likeness (QED) is 0.304. The zero-order valence-corrected chi connectivity index (χ0v) is 21.1. The van der Waals surface area contributed by atoms with Gasteiger partial charge in [0.15, 0.2) is 5.78 Å². The lowest BCUT2D eigenvalue weighted by atomic mass is 9.69. The van der Waals surface area contributed by atoms with Crippen LogP contribution in [0, 0.1) is 11.8 Å². The molecular weight excluding hydrogens is 450 g/mol. The van der Waals surface area contributed by atoms with Gasteiger partial charge in [-0.15, -0.1) is 0 Å². The summed E-state index contributed by atoms with van der Waals surface area (Å²) in [6.07, 6.45) is 1.34. The number of nitrogens with one attached hydrogen (secondary N) is 1. The first-order valence-corrected chi connectivity index (χ1v) is 12.1. The molecule has 0 saturated heterocycles. The second-order valence-electron chi connectivity index (χ2n) is 8.75. The first-order valence-electron chi connectivity index (χ1n) is 12.1. The highest BCUT2D eigenvalue weighted by molar-refractivity contribution is 6.12. The maximum Gasteiger partial charge on any atom is 0.336 e. The number of dihydropyridines is 1. The van der Waals surface area contributed by atoms with Crippen molar-refractivity contribution in [1.29, 1.82) is 0 Å². The van der Waals surface area contributed by atoms with Crippen molar-refractivity contribution in [3.05, 3.63) is 52.4 Å². The number of Topliss-reactive ketones (excluding diaryl/α,β-unsaturated/α-hetero) is 1. The van der Waals surface area contributed by atoms with Crippen LogP contribution in [0.1, 0.15) is 52.0 Å². The lowest BCUT2D eigenvalue weighted by Gasteiger charge is -2.38. The SMILES string of the molecule is CCCOCCOC(=O)C1=C(C)NC2=C(C(=O)[C@@H](C(=O)OC)[C@H](C)C2)[C@H]1c1ccccc1OCC. The predicted octanol–water partition coefficient (Wildman–Crippen LogP) is 3.67. The van der Waals surface area contributed by atoms with Gasteiger partial charge in [0, 0.05) is 29.1 Å². The summed E-state index contributed by atoms with van der Waals surface area (Å²) in [5, 5.41) is 3.26. The molecule has 0 unspecified atom stereocenters. The van der Waals surface area contributed by atoms with E-state index in [0.717, 1.165) is 6.42 Å². The Bertz CT molecular complexity index is 1030. The van der Waals surface area contributed by atoms with Crippen LogP contribution in [0.4, 0.5) is 0 Å². The second-order valence-corrected chi connectivity index (χ2v) is 8.75. The van der Waals surface area contributed by atoms with Gasteiger partial charge in [0.25, 0.3) is 0 Å². The highest BCUT2D eigenvalue weighted by Gasteiger charge is 2.47. The van der Waals surface area contributed by atoms with Gasteiger partial charge < -0.3 is 24.3 Å². The van der Waals surface area contributed by atoms with Crippen molar-refractivity contribution in [2.75, 3.05) is 33.5 Å². The minimum Gasteiger partial charge on any atom is -0.494 e. The standard InChI is InChI=1S/C27H35NO7/c1-6-12-33-13-14-35-27(31)22-17(4)28-19-15-16(3)21(26(30)32-5)25(29)24(19)23(22)18-10-8-9-11-20(18)34-7-2/h8-11,16,21,23,28H,6-7,12-15H2,1-5H3/t16-,21+,23+/m1/s1. The van der Waals surface area contributed by atoms with Gasteiger partial charge in [-0.2, -0.15) is 0 Å². The van der Waals surface area contributed by atoms with Crippen LogP contribution in [0.15, 0.2) is 46.8 Å². The van der Waals surface area contributed by atoms with E-state index < -0.39 is 23.8 Å². The Morgan fingerprint density at radius 2 is 1.86 bits per heavy atom. The molecule has 1 aromatic rings. The molecule has 8 heteroatoms. The van der Waals surface area contributed by atoms with Crippen LogP contribution in [0.5, 0.6) is 5.75 Å². The number of hydrogen-bond donors (Lipinski definition) is 1. The van der Waals surface area contributed by atoms with Crippen molar-refractivity contribution in [3.8, 4) is 5.75 Å². The number of rotatable bonds is 10. The normalized spacial score (nSPS) is 21.9. The van der Waals surface area contributed by atoms with Gasteiger partial charge in [0.2, 0.25) is 0 Å². The Kier molecular flexibility index (Phi) is 9.09. The van der Waals surface area contributed by atoms with Gasteiger partial charge in [0.1, 0.15) is 18.3 Å². The fourth-order valence-electron chi connectivity index (χ4n) is 4.79. The summed E-state index contributed by atoms with van der Waals surface area (Å²) in [5.41, 5.74) is 2.68. The molecule has 0 saturated carbocycles. The van der Waals surface area contributed by atoms with Crippen LogP contribution in [-0.4, -0.2) is 51.3 Å². The predicted molar refractivity (Wildman–Crippen MR) is 130 cm³/mol. The number of methoxy groups -OCH3 is 1. The average Bonchev–Trinajstić information content (AvgIpc) is 2.83. The molecule has 190 valence electrons. The first kappa shape index (κ1) is 26.5. The fourth-order valence-corrected chi connectivity index (χ4v) is 4.79. The molecule has 35 heavy (non-hydrogen) atoms. The van der Waals surface area contributed by atoms with E-state index in [9.17, 15) is 14.4 Å². The Morgan fingerprint density at radius 3 is 2.54 bits per heavy atom. The van der Waals surface area contributed by atoms with Crippen molar-refractivity contribution in [3.63, 3.8) is 0 Å². The first-order chi connectivity index (χ1) is 16.8. The minimum absolute atomic E-state index is 0.0944. The maximum absolute atomic E-state index is 13.8. The van der Waals surface area contributed by atoms with Crippen LogP contribution in [0.25, 0.3) is 0 Å². The smallest absolute Gasteiger partial charge is 0.336 e. The van der Waals surface area contributed by atoms with Crippen molar-refractivity contribution >= 4 is 17.7 Å². The monoisotopic (exact) mass is 485 g/mol. The number of ether oxygens (including phenoxy) is 4. The molecule has 0 spiro atoms. The zero-order chi connectivity index (χ0) is 25.5. The van der Waals surface area contributed by atoms with Crippen molar-refractivity contribution in [1.82, 2.24) is 5.32 Å². The topological polar surface area (TPSA) is 100 Å². The van der Waals surface area contributed by atoms with E-state index in [4.69, 9.17) is 18.9 Å². The number of carbonyl (C=O) groups excluding carboxylic acids is 3.